The summed E-state index contributed by atoms with van der Waals surface area (Å²) in [6, 6.07) is 16.6. The first kappa shape index (κ1) is 49.0. The number of aryl methyl sites for hydroxylation is 3. The molecule has 0 amide bonds. The third-order valence-corrected chi connectivity index (χ3v) is 9.62. The smallest absolute Gasteiger partial charge is 0.296 e. The van der Waals surface area contributed by atoms with Gasteiger partial charge in [-0.25, -0.2) is 9.97 Å². The van der Waals surface area contributed by atoms with Crippen molar-refractivity contribution >= 4 is 23.2 Å². The largest absolute Gasteiger partial charge is 0.480 e. The van der Waals surface area contributed by atoms with Gasteiger partial charge in [0.2, 0.25) is 23.3 Å². The molecule has 4 aromatic heterocycles. The van der Waals surface area contributed by atoms with Gasteiger partial charge in [-0.15, -0.1) is 15.3 Å². The maximum atomic E-state index is 13.0. The molecule has 1 unspecified atom stereocenters. The molecule has 1 aliphatic heterocycles. The standard InChI is InChI=1S/C20H18ClN5O3.C12H8ClN3O2.C12H18N2O4/c1-4-16-7-14(19(28-3)25-24-16)10-26-11-23-12(2)18(20(26)27)29-17-6-13(9-22)5-15(21)8-17;1-7-11(12(17)16-6-15-7)18-10-3-8(5-14)2-9(13)4-10;1-16-12-9(7-15)6-10(13-14-12)8-18-11-4-2-3-5-17-11/h5-8,11H,4,10H2,1-3H3;2-4,6H,1H3,(H,15,16,17);6,11,15H,2-5,7-8H2,1H3. The van der Waals surface area contributed by atoms with Crippen molar-refractivity contribution in [3.8, 4) is 46.9 Å². The molecule has 0 spiro atoms. The third-order valence-electron chi connectivity index (χ3n) is 9.19. The van der Waals surface area contributed by atoms with E-state index in [1.165, 1.54) is 67.8 Å². The molecule has 0 saturated carbocycles. The third kappa shape index (κ3) is 14.0. The fourth-order valence-corrected chi connectivity index (χ4v) is 6.39. The van der Waals surface area contributed by atoms with Gasteiger partial charge in [0.1, 0.15) is 11.5 Å². The predicted octanol–water partition coefficient (Wildman–Crippen LogP) is 6.69. The Bertz CT molecular complexity index is 2790. The van der Waals surface area contributed by atoms with E-state index in [1.54, 1.807) is 19.9 Å². The molecule has 5 heterocycles. The number of ether oxygens (including phenoxy) is 6. The number of H-pyrrole nitrogens is 1. The van der Waals surface area contributed by atoms with Crippen LogP contribution in [0.1, 0.15) is 71.2 Å². The van der Waals surface area contributed by atoms with Crippen LogP contribution in [0.5, 0.6) is 34.8 Å². The Morgan fingerprint density at radius 1 is 0.815 bits per heavy atom. The topological polar surface area (TPSA) is 255 Å². The van der Waals surface area contributed by atoms with Gasteiger partial charge in [-0.05, 0) is 88.1 Å². The quantitative estimate of drug-likeness (QED) is 0.122. The van der Waals surface area contributed by atoms with Gasteiger partial charge in [0.05, 0.1) is 92.7 Å². The van der Waals surface area contributed by atoms with Crippen molar-refractivity contribution in [2.75, 3.05) is 20.8 Å². The summed E-state index contributed by atoms with van der Waals surface area (Å²) in [5.41, 5.74) is 3.54. The highest BCUT2D eigenvalue weighted by Gasteiger charge is 2.17. The zero-order chi connectivity index (χ0) is 46.9. The second-order valence-corrected chi connectivity index (χ2v) is 14.7. The average Bonchev–Trinajstić information content (AvgIpc) is 3.32. The van der Waals surface area contributed by atoms with Crippen LogP contribution in [0.3, 0.4) is 0 Å². The van der Waals surface area contributed by atoms with Crippen LogP contribution < -0.4 is 30.1 Å². The lowest BCUT2D eigenvalue weighted by molar-refractivity contribution is -0.169. The summed E-state index contributed by atoms with van der Waals surface area (Å²) in [6.45, 7) is 6.42. The SMILES string of the molecule is CCc1cc(Cn2cnc(C)c(Oc3cc(Cl)cc(C#N)c3)c2=O)c(OC)nn1.COc1nnc(COC2CCCCO2)cc1CO.Cc1nc[nH]c(=O)c1Oc1cc(Cl)cc(C#N)c1. The number of hydrogen-bond acceptors (Lipinski definition) is 17. The van der Waals surface area contributed by atoms with Crippen LogP contribution in [0.2, 0.25) is 10.0 Å². The number of nitriles is 2. The number of aliphatic hydroxyl groups is 1. The minimum absolute atomic E-state index is 0.0513. The molecule has 338 valence electrons. The molecule has 1 saturated heterocycles. The lowest BCUT2D eigenvalue weighted by Crippen LogP contribution is -2.23. The normalized spacial score (nSPS) is 12.9. The maximum absolute atomic E-state index is 13.0. The molecule has 0 aliphatic carbocycles. The van der Waals surface area contributed by atoms with Crippen molar-refractivity contribution < 1.29 is 33.5 Å². The number of nitrogens with zero attached hydrogens (tertiary/aromatic N) is 9. The van der Waals surface area contributed by atoms with Gasteiger partial charge in [0.25, 0.3) is 11.1 Å². The fourth-order valence-electron chi connectivity index (χ4n) is 5.94. The van der Waals surface area contributed by atoms with E-state index in [9.17, 15) is 14.7 Å². The van der Waals surface area contributed by atoms with Crippen LogP contribution in [0.15, 0.2) is 70.8 Å². The summed E-state index contributed by atoms with van der Waals surface area (Å²) >= 11 is 11.9. The zero-order valence-corrected chi connectivity index (χ0v) is 37.5. The van der Waals surface area contributed by atoms with Crippen LogP contribution in [-0.4, -0.2) is 72.1 Å². The van der Waals surface area contributed by atoms with Gasteiger partial charge < -0.3 is 38.5 Å². The lowest BCUT2D eigenvalue weighted by Gasteiger charge is -2.22. The minimum Gasteiger partial charge on any atom is -0.480 e. The van der Waals surface area contributed by atoms with E-state index >= 15 is 0 Å². The summed E-state index contributed by atoms with van der Waals surface area (Å²) < 4.78 is 33.9. The Morgan fingerprint density at radius 3 is 1.98 bits per heavy atom. The van der Waals surface area contributed by atoms with Crippen LogP contribution >= 0.6 is 23.2 Å². The lowest BCUT2D eigenvalue weighted by atomic mass is 10.2. The second kappa shape index (κ2) is 24.2. The molecule has 1 fully saturated rings. The summed E-state index contributed by atoms with van der Waals surface area (Å²) in [4.78, 5) is 35.2. The number of benzene rings is 2. The number of halogens is 2. The predicted molar refractivity (Wildman–Crippen MR) is 235 cm³/mol. The molecule has 2 N–H and O–H groups in total. The van der Waals surface area contributed by atoms with E-state index in [0.717, 1.165) is 31.6 Å². The fraction of sp³-hybridized carbons (Fsp3) is 0.318. The number of aliphatic hydroxyl groups excluding tert-OH is 1. The van der Waals surface area contributed by atoms with Gasteiger partial charge in [-0.3, -0.25) is 14.2 Å². The molecular formula is C44H44Cl2N10O9. The Labute approximate surface area is 383 Å². The van der Waals surface area contributed by atoms with E-state index in [2.05, 4.69) is 35.3 Å². The second-order valence-electron chi connectivity index (χ2n) is 13.9. The first-order valence-corrected chi connectivity index (χ1v) is 20.6. The Hall–Kier alpha value is -7.00. The first-order chi connectivity index (χ1) is 31.4. The van der Waals surface area contributed by atoms with Crippen LogP contribution in [-0.2, 0) is 35.7 Å². The summed E-state index contributed by atoms with van der Waals surface area (Å²) in [6.07, 6.45) is 6.42. The van der Waals surface area contributed by atoms with Crippen LogP contribution in [0, 0.1) is 36.5 Å². The highest BCUT2D eigenvalue weighted by molar-refractivity contribution is 6.31. The van der Waals surface area contributed by atoms with Crippen molar-refractivity contribution in [1.82, 2.24) is 39.9 Å². The van der Waals surface area contributed by atoms with Crippen molar-refractivity contribution in [1.29, 1.82) is 10.5 Å². The first-order valence-electron chi connectivity index (χ1n) is 19.9. The molecular weight excluding hydrogens is 883 g/mol. The number of aromatic amines is 1. The van der Waals surface area contributed by atoms with E-state index in [0.29, 0.717) is 79.9 Å². The Morgan fingerprint density at radius 2 is 1.42 bits per heavy atom. The molecule has 0 radical (unpaired) electrons. The minimum atomic E-state index is -0.388. The molecule has 0 bridgehead atoms. The zero-order valence-electron chi connectivity index (χ0n) is 36.0. The molecule has 7 rings (SSSR count). The van der Waals surface area contributed by atoms with Gasteiger partial charge in [-0.1, -0.05) is 30.1 Å². The Balaban J connectivity index is 0.000000192. The van der Waals surface area contributed by atoms with Crippen molar-refractivity contribution in [2.45, 2.75) is 72.5 Å². The highest BCUT2D eigenvalue weighted by Crippen LogP contribution is 2.27. The highest BCUT2D eigenvalue weighted by atomic mass is 35.5. The van der Waals surface area contributed by atoms with E-state index in [4.69, 9.17) is 62.1 Å². The van der Waals surface area contributed by atoms with Gasteiger partial charge in [0, 0.05) is 27.8 Å². The molecule has 6 aromatic rings. The Kier molecular flexibility index (Phi) is 18.2. The van der Waals surface area contributed by atoms with Crippen molar-refractivity contribution in [2.24, 2.45) is 0 Å². The average molecular weight is 928 g/mol. The number of nitrogens with one attached hydrogen (secondary N) is 1. The molecule has 65 heavy (non-hydrogen) atoms. The number of methoxy groups -OCH3 is 2. The molecule has 1 atom stereocenters. The maximum Gasteiger partial charge on any atom is 0.296 e. The van der Waals surface area contributed by atoms with Crippen LogP contribution in [0.4, 0.5) is 0 Å². The van der Waals surface area contributed by atoms with Gasteiger partial charge in [0.15, 0.2) is 6.29 Å². The summed E-state index contributed by atoms with van der Waals surface area (Å²) in [7, 11) is 2.99. The monoisotopic (exact) mass is 926 g/mol. The molecule has 21 heteroatoms. The van der Waals surface area contributed by atoms with Crippen molar-refractivity contribution in [3.63, 3.8) is 0 Å². The molecule has 2 aromatic carbocycles. The summed E-state index contributed by atoms with van der Waals surface area (Å²) in [5.74, 6) is 1.42. The number of rotatable bonds is 13. The van der Waals surface area contributed by atoms with E-state index in [1.807, 2.05) is 25.1 Å². The summed E-state index contributed by atoms with van der Waals surface area (Å²) in [5, 5.41) is 43.8. The van der Waals surface area contributed by atoms with Crippen LogP contribution in [0.25, 0.3) is 0 Å². The molecule has 19 nitrogen and oxygen atoms in total. The van der Waals surface area contributed by atoms with E-state index < -0.39 is 0 Å². The van der Waals surface area contributed by atoms with Crippen molar-refractivity contribution in [3.05, 3.63) is 137 Å². The molecule has 1 aliphatic rings. The number of aromatic nitrogens is 8. The van der Waals surface area contributed by atoms with Gasteiger partial charge in [-0.2, -0.15) is 15.6 Å². The number of hydrogen-bond donors (Lipinski definition) is 2. The van der Waals surface area contributed by atoms with Gasteiger partial charge >= 0.3 is 0 Å². The van der Waals surface area contributed by atoms with E-state index in [-0.39, 0.29) is 47.8 Å².